The molecule has 0 bridgehead atoms. The predicted molar refractivity (Wildman–Crippen MR) is 71.4 cm³/mol. The summed E-state index contributed by atoms with van der Waals surface area (Å²) in [6.45, 7) is 0. The van der Waals surface area contributed by atoms with Gasteiger partial charge in [-0.15, -0.1) is 0 Å². The van der Waals surface area contributed by atoms with Crippen LogP contribution in [0.25, 0.3) is 21.7 Å². The molecule has 3 aromatic rings. The lowest BCUT2D eigenvalue weighted by atomic mass is 10.0. The average Bonchev–Trinajstić information content (AvgIpc) is 2.37. The van der Waals surface area contributed by atoms with Gasteiger partial charge in [0, 0.05) is 19.5 Å². The molecule has 84 valence electrons. The third-order valence-electron chi connectivity index (χ3n) is 2.99. The molecule has 3 nitrogen and oxygen atoms in total. The van der Waals surface area contributed by atoms with Crippen LogP contribution in [0.15, 0.2) is 42.6 Å². The van der Waals surface area contributed by atoms with E-state index in [-0.39, 0.29) is 0 Å². The topological polar surface area (TPSA) is 29.0 Å². The van der Waals surface area contributed by atoms with Crippen molar-refractivity contribution in [3.8, 4) is 0 Å². The van der Waals surface area contributed by atoms with Crippen LogP contribution in [0.1, 0.15) is 0 Å². The zero-order valence-corrected chi connectivity index (χ0v) is 9.88. The lowest BCUT2D eigenvalue weighted by Crippen LogP contribution is -2.10. The van der Waals surface area contributed by atoms with E-state index in [0.29, 0.717) is 0 Å². The highest BCUT2D eigenvalue weighted by Gasteiger charge is 2.08. The summed E-state index contributed by atoms with van der Waals surface area (Å²) in [4.78, 5) is 2.07. The zero-order valence-electron chi connectivity index (χ0n) is 9.88. The fourth-order valence-electron chi connectivity index (χ4n) is 2.16. The average molecular weight is 223 g/mol. The van der Waals surface area contributed by atoms with E-state index < -0.39 is 0 Å². The number of hydrogen-bond acceptors (Lipinski definition) is 3. The zero-order chi connectivity index (χ0) is 11.8. The molecular weight excluding hydrogens is 210 g/mol. The van der Waals surface area contributed by atoms with Gasteiger partial charge in [0.15, 0.2) is 0 Å². The number of fused-ring (bicyclic) bond motifs is 3. The highest BCUT2D eigenvalue weighted by Crippen LogP contribution is 2.30. The molecule has 0 atom stereocenters. The van der Waals surface area contributed by atoms with E-state index >= 15 is 0 Å². The molecule has 0 radical (unpaired) electrons. The van der Waals surface area contributed by atoms with Crippen molar-refractivity contribution in [2.75, 3.05) is 19.0 Å². The van der Waals surface area contributed by atoms with Crippen LogP contribution in [0.2, 0.25) is 0 Å². The van der Waals surface area contributed by atoms with Crippen LogP contribution >= 0.6 is 0 Å². The van der Waals surface area contributed by atoms with Gasteiger partial charge < -0.3 is 4.90 Å². The van der Waals surface area contributed by atoms with Crippen LogP contribution < -0.4 is 4.90 Å². The Kier molecular flexibility index (Phi) is 2.18. The number of aromatic nitrogens is 2. The largest absolute Gasteiger partial charge is 0.376 e. The molecule has 2 aromatic carbocycles. The van der Waals surface area contributed by atoms with Crippen LogP contribution in [0.3, 0.4) is 0 Å². The summed E-state index contributed by atoms with van der Waals surface area (Å²) in [5, 5.41) is 11.9. The molecule has 3 rings (SSSR count). The molecule has 1 aromatic heterocycles. The summed E-state index contributed by atoms with van der Waals surface area (Å²) in [6.07, 6.45) is 1.81. The summed E-state index contributed by atoms with van der Waals surface area (Å²) in [6, 6.07) is 12.5. The molecule has 0 aliphatic heterocycles. The summed E-state index contributed by atoms with van der Waals surface area (Å²) in [7, 11) is 4.05. The summed E-state index contributed by atoms with van der Waals surface area (Å²) in [5.74, 6) is 0. The normalized spacial score (nSPS) is 10.9. The van der Waals surface area contributed by atoms with E-state index in [2.05, 4.69) is 45.4 Å². The van der Waals surface area contributed by atoms with Gasteiger partial charge in [-0.2, -0.15) is 10.2 Å². The van der Waals surface area contributed by atoms with E-state index in [0.717, 1.165) is 11.2 Å². The molecule has 0 amide bonds. The maximum atomic E-state index is 4.20. The van der Waals surface area contributed by atoms with Crippen LogP contribution in [-0.4, -0.2) is 24.3 Å². The molecule has 0 aliphatic carbocycles. The standard InChI is InChI=1S/C14H13N3/c1-17(2)13-9-15-16-12-8-7-10-5-3-4-6-11(10)14(12)13/h3-9H,1-2H3. The first-order chi connectivity index (χ1) is 8.27. The third-order valence-corrected chi connectivity index (χ3v) is 2.99. The number of nitrogens with zero attached hydrogens (tertiary/aromatic N) is 3. The van der Waals surface area contributed by atoms with Crippen molar-refractivity contribution >= 4 is 27.4 Å². The predicted octanol–water partition coefficient (Wildman–Crippen LogP) is 2.85. The summed E-state index contributed by atoms with van der Waals surface area (Å²) >= 11 is 0. The van der Waals surface area contributed by atoms with Crippen molar-refractivity contribution in [3.63, 3.8) is 0 Å². The van der Waals surface area contributed by atoms with Crippen molar-refractivity contribution < 1.29 is 0 Å². The van der Waals surface area contributed by atoms with E-state index in [4.69, 9.17) is 0 Å². The van der Waals surface area contributed by atoms with Crippen molar-refractivity contribution in [1.82, 2.24) is 10.2 Å². The Bertz CT molecular complexity index is 689. The number of hydrogen-bond donors (Lipinski definition) is 0. The Morgan fingerprint density at radius 1 is 1.00 bits per heavy atom. The number of anilines is 1. The van der Waals surface area contributed by atoms with E-state index in [9.17, 15) is 0 Å². The molecule has 17 heavy (non-hydrogen) atoms. The van der Waals surface area contributed by atoms with Crippen LogP contribution in [-0.2, 0) is 0 Å². The van der Waals surface area contributed by atoms with Gasteiger partial charge in [-0.05, 0) is 16.8 Å². The quantitative estimate of drug-likeness (QED) is 0.594. The molecular formula is C14H13N3. The van der Waals surface area contributed by atoms with Crippen molar-refractivity contribution in [1.29, 1.82) is 0 Å². The molecule has 0 spiro atoms. The smallest absolute Gasteiger partial charge is 0.0957 e. The van der Waals surface area contributed by atoms with Gasteiger partial charge in [-0.1, -0.05) is 30.3 Å². The number of benzene rings is 2. The monoisotopic (exact) mass is 223 g/mol. The van der Waals surface area contributed by atoms with Crippen molar-refractivity contribution in [2.45, 2.75) is 0 Å². The minimum Gasteiger partial charge on any atom is -0.376 e. The number of rotatable bonds is 1. The van der Waals surface area contributed by atoms with E-state index in [1.165, 1.54) is 16.2 Å². The van der Waals surface area contributed by atoms with Gasteiger partial charge in [-0.25, -0.2) is 0 Å². The van der Waals surface area contributed by atoms with E-state index in [1.54, 1.807) is 0 Å². The Balaban J connectivity index is 2.54. The first-order valence-electron chi connectivity index (χ1n) is 5.58. The Labute approximate surface area is 99.7 Å². The Morgan fingerprint density at radius 2 is 1.82 bits per heavy atom. The van der Waals surface area contributed by atoms with Gasteiger partial charge >= 0.3 is 0 Å². The molecule has 0 saturated heterocycles. The van der Waals surface area contributed by atoms with Crippen LogP contribution in [0.5, 0.6) is 0 Å². The fourth-order valence-corrected chi connectivity index (χ4v) is 2.16. The Morgan fingerprint density at radius 3 is 2.65 bits per heavy atom. The second kappa shape index (κ2) is 3.70. The Hall–Kier alpha value is -2.16. The highest BCUT2D eigenvalue weighted by atomic mass is 15.1. The van der Waals surface area contributed by atoms with Gasteiger partial charge in [0.25, 0.3) is 0 Å². The van der Waals surface area contributed by atoms with Gasteiger partial charge in [0.2, 0.25) is 0 Å². The minimum absolute atomic E-state index is 0.940. The minimum atomic E-state index is 0.940. The molecule has 0 unspecified atom stereocenters. The molecule has 0 fully saturated rings. The SMILES string of the molecule is CN(C)c1cnnc2ccc3ccccc3c12. The molecule has 0 N–H and O–H groups in total. The second-order valence-corrected chi connectivity index (χ2v) is 4.31. The lowest BCUT2D eigenvalue weighted by Gasteiger charge is -2.15. The van der Waals surface area contributed by atoms with Crippen LogP contribution in [0, 0.1) is 0 Å². The third kappa shape index (κ3) is 1.51. The maximum Gasteiger partial charge on any atom is 0.0957 e. The van der Waals surface area contributed by atoms with Crippen LogP contribution in [0.4, 0.5) is 5.69 Å². The van der Waals surface area contributed by atoms with Gasteiger partial charge in [0.05, 0.1) is 17.4 Å². The maximum absolute atomic E-state index is 4.20. The van der Waals surface area contributed by atoms with Gasteiger partial charge in [0.1, 0.15) is 0 Å². The van der Waals surface area contributed by atoms with Crippen molar-refractivity contribution in [3.05, 3.63) is 42.6 Å². The lowest BCUT2D eigenvalue weighted by molar-refractivity contribution is 1.04. The molecule has 0 saturated carbocycles. The second-order valence-electron chi connectivity index (χ2n) is 4.31. The first-order valence-corrected chi connectivity index (χ1v) is 5.58. The molecule has 0 aliphatic rings. The molecule has 1 heterocycles. The highest BCUT2D eigenvalue weighted by molar-refractivity contribution is 6.11. The van der Waals surface area contributed by atoms with E-state index in [1.807, 2.05) is 26.4 Å². The summed E-state index contributed by atoms with van der Waals surface area (Å²) in [5.41, 5.74) is 2.04. The fraction of sp³-hybridized carbons (Fsp3) is 0.143. The van der Waals surface area contributed by atoms with Crippen molar-refractivity contribution in [2.24, 2.45) is 0 Å². The summed E-state index contributed by atoms with van der Waals surface area (Å²) < 4.78 is 0. The van der Waals surface area contributed by atoms with Gasteiger partial charge in [-0.3, -0.25) is 0 Å². The molecule has 3 heteroatoms. The first kappa shape index (κ1) is 10.0.